The van der Waals surface area contributed by atoms with Gasteiger partial charge in [0, 0.05) is 37.4 Å². The number of rotatable bonds is 3. The maximum Gasteiger partial charge on any atom is 0.355 e. The Morgan fingerprint density at radius 2 is 1.83 bits per heavy atom. The van der Waals surface area contributed by atoms with Gasteiger partial charge in [-0.1, -0.05) is 20.4 Å². The molecule has 2 bridgehead atoms. The van der Waals surface area contributed by atoms with Crippen LogP contribution in [0.25, 0.3) is 28.0 Å². The Hall–Kier alpha value is -4.81. The number of anilines is 1. The summed E-state index contributed by atoms with van der Waals surface area (Å²) < 4.78 is 68.2. The van der Waals surface area contributed by atoms with Gasteiger partial charge in [-0.2, -0.15) is 4.98 Å². The number of aromatic nitrogens is 4. The van der Waals surface area contributed by atoms with E-state index in [1.54, 1.807) is 22.1 Å². The normalized spacial score (nSPS) is 18.1. The van der Waals surface area contributed by atoms with Crippen molar-refractivity contribution in [3.05, 3.63) is 82.1 Å². The fraction of sp³-hybridized carbons (Fsp3) is 0.364. The third-order valence-electron chi connectivity index (χ3n) is 8.52. The number of carbonyl (C=O) groups excluding carboxylic acids is 1. The van der Waals surface area contributed by atoms with Crippen LogP contribution in [-0.4, -0.2) is 62.1 Å². The zero-order valence-corrected chi connectivity index (χ0v) is 25.8. The Balaban J connectivity index is 1.72. The van der Waals surface area contributed by atoms with Crippen LogP contribution in [-0.2, 0) is 11.2 Å². The van der Waals surface area contributed by atoms with Crippen LogP contribution in [0.1, 0.15) is 51.3 Å². The first kappa shape index (κ1) is 31.2. The molecular weight excluding hydrogens is 604 g/mol. The van der Waals surface area contributed by atoms with Crippen molar-refractivity contribution in [1.82, 2.24) is 24.4 Å². The van der Waals surface area contributed by atoms with E-state index in [0.29, 0.717) is 35.9 Å². The van der Waals surface area contributed by atoms with Gasteiger partial charge in [-0.05, 0) is 56.4 Å². The number of halogens is 4. The lowest BCUT2D eigenvalue weighted by atomic mass is 10.0. The van der Waals surface area contributed by atoms with Crippen molar-refractivity contribution in [1.29, 1.82) is 0 Å². The quantitative estimate of drug-likeness (QED) is 0.168. The highest BCUT2D eigenvalue weighted by Crippen LogP contribution is 2.40. The molecule has 1 amide bonds. The maximum atomic E-state index is 16.2. The lowest BCUT2D eigenvalue weighted by molar-refractivity contribution is -0.128. The molecule has 0 N–H and O–H groups in total. The van der Waals surface area contributed by atoms with Gasteiger partial charge in [0.05, 0.1) is 28.9 Å². The van der Waals surface area contributed by atoms with E-state index in [1.165, 1.54) is 10.6 Å². The minimum atomic E-state index is -1.55. The molecule has 2 aliphatic heterocycles. The molecule has 4 aromatic rings. The van der Waals surface area contributed by atoms with E-state index in [2.05, 4.69) is 21.5 Å². The van der Waals surface area contributed by atoms with Crippen LogP contribution in [0, 0.1) is 23.3 Å². The summed E-state index contributed by atoms with van der Waals surface area (Å²) >= 11 is 0. The summed E-state index contributed by atoms with van der Waals surface area (Å²) in [4.78, 5) is 43.6. The largest absolute Gasteiger partial charge is 0.490 e. The van der Waals surface area contributed by atoms with Crippen molar-refractivity contribution in [2.45, 2.75) is 58.5 Å². The van der Waals surface area contributed by atoms with Gasteiger partial charge < -0.3 is 14.5 Å². The van der Waals surface area contributed by atoms with E-state index in [-0.39, 0.29) is 60.5 Å². The van der Waals surface area contributed by atoms with Gasteiger partial charge in [0.25, 0.3) is 0 Å². The first-order valence-corrected chi connectivity index (χ1v) is 15.0. The van der Waals surface area contributed by atoms with Crippen molar-refractivity contribution in [2.24, 2.45) is 0 Å². The Morgan fingerprint density at radius 1 is 1.07 bits per heavy atom. The number of aryl methyl sites for hydroxylation is 1. The fourth-order valence-electron chi connectivity index (χ4n) is 6.31. The predicted octanol–water partition coefficient (Wildman–Crippen LogP) is 5.46. The van der Waals surface area contributed by atoms with Crippen molar-refractivity contribution in [3.8, 4) is 22.7 Å². The van der Waals surface area contributed by atoms with E-state index in [4.69, 9.17) is 4.74 Å². The lowest BCUT2D eigenvalue weighted by Gasteiger charge is -2.44. The van der Waals surface area contributed by atoms with Crippen LogP contribution in [0.4, 0.5) is 23.4 Å². The summed E-state index contributed by atoms with van der Waals surface area (Å²) in [7, 11) is 0. The Kier molecular flexibility index (Phi) is 8.03. The SMILES string of the molecule is C=CC(=O)N1C[C@H](C)N(c2nc(=O)n3c4nc(c(F)cc24)-c2c(F)c(F)cc(F)c2OCCCc2ccnc(C(C)C)c2-3)C[C@H]1C. The molecule has 13 heteroatoms. The number of hydrogen-bond acceptors (Lipinski definition) is 7. The molecule has 3 aromatic heterocycles. The molecule has 1 saturated heterocycles. The number of pyridine rings is 2. The Bertz CT molecular complexity index is 1960. The van der Waals surface area contributed by atoms with E-state index < -0.39 is 46.0 Å². The summed E-state index contributed by atoms with van der Waals surface area (Å²) in [6, 6.07) is 2.43. The van der Waals surface area contributed by atoms with Gasteiger partial charge in [-0.3, -0.25) is 9.78 Å². The number of ether oxygens (including phenoxy) is 1. The predicted molar refractivity (Wildman–Crippen MR) is 164 cm³/mol. The van der Waals surface area contributed by atoms with Gasteiger partial charge in [-0.15, -0.1) is 0 Å². The van der Waals surface area contributed by atoms with Crippen molar-refractivity contribution < 1.29 is 27.1 Å². The van der Waals surface area contributed by atoms with Gasteiger partial charge in [0.15, 0.2) is 34.7 Å². The maximum absolute atomic E-state index is 16.2. The summed E-state index contributed by atoms with van der Waals surface area (Å²) in [5.74, 6) is -6.42. The highest BCUT2D eigenvalue weighted by atomic mass is 19.2. The smallest absolute Gasteiger partial charge is 0.355 e. The molecule has 0 aliphatic carbocycles. The van der Waals surface area contributed by atoms with Crippen molar-refractivity contribution >= 4 is 22.8 Å². The van der Waals surface area contributed by atoms with E-state index in [0.717, 1.165) is 6.07 Å². The number of amides is 1. The molecule has 2 atom stereocenters. The van der Waals surface area contributed by atoms with Gasteiger partial charge >= 0.3 is 5.69 Å². The average Bonchev–Trinajstić information content (AvgIpc) is 3.01. The number of carbonyl (C=O) groups is 1. The average molecular weight is 637 g/mol. The standard InChI is InChI=1S/C33H32F4N6O3/c1-6-24(44)41-14-18(5)42(15-17(41)4)31-20-12-22(35)28-25-26(37)21(34)13-23(36)30(25)46-11-7-8-19-9-10-38-27(16(2)3)29(19)43(32(20)39-28)33(45)40-31/h6,9-10,12-13,16-18H,1,7-8,11,14-15H2,2-5H3/t17-,18+/m1/s1. The van der Waals surface area contributed by atoms with E-state index in [1.807, 2.05) is 27.7 Å². The van der Waals surface area contributed by atoms with Crippen LogP contribution >= 0.6 is 0 Å². The molecular formula is C33H32F4N6O3. The second-order valence-corrected chi connectivity index (χ2v) is 12.0. The summed E-state index contributed by atoms with van der Waals surface area (Å²) in [6.07, 6.45) is 3.49. The van der Waals surface area contributed by atoms with Crippen LogP contribution < -0.4 is 15.3 Å². The van der Waals surface area contributed by atoms with Crippen molar-refractivity contribution in [3.63, 3.8) is 0 Å². The lowest BCUT2D eigenvalue weighted by Crippen LogP contribution is -2.58. The molecule has 6 rings (SSSR count). The van der Waals surface area contributed by atoms with Crippen LogP contribution in [0.3, 0.4) is 0 Å². The number of fused-ring (bicyclic) bond motifs is 5. The molecule has 1 aromatic carbocycles. The van der Waals surface area contributed by atoms with Crippen LogP contribution in [0.15, 0.2) is 41.8 Å². The third-order valence-corrected chi connectivity index (χ3v) is 8.52. The van der Waals surface area contributed by atoms with Gasteiger partial charge in [0.2, 0.25) is 5.91 Å². The van der Waals surface area contributed by atoms with Crippen LogP contribution in [0.5, 0.6) is 5.75 Å². The van der Waals surface area contributed by atoms with E-state index in [9.17, 15) is 14.0 Å². The molecule has 46 heavy (non-hydrogen) atoms. The van der Waals surface area contributed by atoms with Crippen molar-refractivity contribution in [2.75, 3.05) is 24.6 Å². The second-order valence-electron chi connectivity index (χ2n) is 12.0. The number of piperazine rings is 1. The van der Waals surface area contributed by atoms with E-state index >= 15 is 13.2 Å². The molecule has 5 heterocycles. The molecule has 9 nitrogen and oxygen atoms in total. The number of nitrogens with zero attached hydrogens (tertiary/aromatic N) is 6. The number of hydrogen-bond donors (Lipinski definition) is 0. The minimum absolute atomic E-state index is 0.102. The third kappa shape index (κ3) is 5.07. The summed E-state index contributed by atoms with van der Waals surface area (Å²) in [5.41, 5.74) is -0.796. The Morgan fingerprint density at radius 3 is 2.54 bits per heavy atom. The first-order valence-electron chi connectivity index (χ1n) is 15.0. The highest BCUT2D eigenvalue weighted by Gasteiger charge is 2.35. The highest BCUT2D eigenvalue weighted by molar-refractivity contribution is 5.92. The van der Waals surface area contributed by atoms with Gasteiger partial charge in [0.1, 0.15) is 11.5 Å². The molecule has 0 spiro atoms. The van der Waals surface area contributed by atoms with Crippen LogP contribution in [0.2, 0.25) is 0 Å². The zero-order valence-electron chi connectivity index (χ0n) is 25.8. The molecule has 0 saturated carbocycles. The fourth-order valence-corrected chi connectivity index (χ4v) is 6.31. The molecule has 2 aliphatic rings. The zero-order chi connectivity index (χ0) is 33.0. The number of benzene rings is 1. The first-order chi connectivity index (χ1) is 21.9. The van der Waals surface area contributed by atoms with Gasteiger partial charge in [-0.25, -0.2) is 31.9 Å². The summed E-state index contributed by atoms with van der Waals surface area (Å²) in [5, 5.41) is 0.102. The minimum Gasteiger partial charge on any atom is -0.490 e. The molecule has 0 radical (unpaired) electrons. The summed E-state index contributed by atoms with van der Waals surface area (Å²) in [6.45, 7) is 11.4. The second kappa shape index (κ2) is 11.8. The Labute approximate surface area is 262 Å². The molecule has 0 unspecified atom stereocenters. The molecule has 240 valence electrons. The topological polar surface area (TPSA) is 93.5 Å². The molecule has 1 fully saturated rings. The monoisotopic (exact) mass is 636 g/mol.